The number of benzene rings is 1. The Labute approximate surface area is 188 Å². The molecule has 1 amide bonds. The van der Waals surface area contributed by atoms with Crippen LogP contribution in [0, 0.1) is 12.3 Å². The van der Waals surface area contributed by atoms with Crippen molar-refractivity contribution < 1.29 is 14.3 Å². The first-order valence-corrected chi connectivity index (χ1v) is 10.8. The highest BCUT2D eigenvalue weighted by atomic mass is 16.5. The summed E-state index contributed by atoms with van der Waals surface area (Å²) in [7, 11) is 1.61. The molecule has 1 aliphatic carbocycles. The van der Waals surface area contributed by atoms with Crippen LogP contribution in [-0.2, 0) is 9.59 Å². The number of Topliss-reactive ketones (excluding diaryl/α,β-unsaturated/α-hetero) is 1. The number of allylic oxidation sites excluding steroid dienone is 3. The van der Waals surface area contributed by atoms with Crippen LogP contribution in [-0.4, -0.2) is 23.8 Å². The number of methoxy groups -OCH3 is 1. The summed E-state index contributed by atoms with van der Waals surface area (Å²) in [6.45, 7) is 8.03. The van der Waals surface area contributed by atoms with Gasteiger partial charge in [-0.1, -0.05) is 32.0 Å². The molecule has 0 saturated carbocycles. The van der Waals surface area contributed by atoms with Gasteiger partial charge in [-0.3, -0.25) is 9.59 Å². The quantitative estimate of drug-likeness (QED) is 0.737. The van der Waals surface area contributed by atoms with E-state index in [-0.39, 0.29) is 17.1 Å². The first-order chi connectivity index (χ1) is 15.2. The summed E-state index contributed by atoms with van der Waals surface area (Å²) >= 11 is 0. The first kappa shape index (κ1) is 21.8. The molecule has 6 nitrogen and oxygen atoms in total. The Morgan fingerprint density at radius 1 is 1.19 bits per heavy atom. The molecule has 166 valence electrons. The lowest BCUT2D eigenvalue weighted by molar-refractivity contribution is -0.118. The zero-order chi connectivity index (χ0) is 23.0. The van der Waals surface area contributed by atoms with Gasteiger partial charge in [0.25, 0.3) is 5.91 Å². The average Bonchev–Trinajstić information content (AvgIpc) is 2.73. The molecule has 1 unspecified atom stereocenters. The van der Waals surface area contributed by atoms with E-state index in [0.29, 0.717) is 29.1 Å². The molecule has 2 heterocycles. The molecule has 2 aromatic rings. The number of dihydropyridines is 1. The fourth-order valence-electron chi connectivity index (χ4n) is 4.62. The monoisotopic (exact) mass is 431 g/mol. The van der Waals surface area contributed by atoms with Crippen LogP contribution in [0.25, 0.3) is 0 Å². The third kappa shape index (κ3) is 4.17. The van der Waals surface area contributed by atoms with Crippen molar-refractivity contribution in [3.05, 3.63) is 76.3 Å². The molecule has 1 aliphatic heterocycles. The van der Waals surface area contributed by atoms with Crippen molar-refractivity contribution in [1.29, 1.82) is 0 Å². The minimum absolute atomic E-state index is 0.0721. The fraction of sp³-hybridized carbons (Fsp3) is 0.346. The van der Waals surface area contributed by atoms with Gasteiger partial charge in [-0.05, 0) is 55.0 Å². The van der Waals surface area contributed by atoms with Gasteiger partial charge in [-0.15, -0.1) is 0 Å². The predicted molar refractivity (Wildman–Crippen MR) is 124 cm³/mol. The lowest BCUT2D eigenvalue weighted by Crippen LogP contribution is -2.39. The second kappa shape index (κ2) is 8.26. The van der Waals surface area contributed by atoms with Crippen molar-refractivity contribution in [2.75, 3.05) is 12.4 Å². The average molecular weight is 432 g/mol. The Kier molecular flexibility index (Phi) is 5.63. The van der Waals surface area contributed by atoms with Gasteiger partial charge in [0.2, 0.25) is 0 Å². The number of anilines is 1. The van der Waals surface area contributed by atoms with E-state index in [1.165, 1.54) is 0 Å². The summed E-state index contributed by atoms with van der Waals surface area (Å²) in [5, 5.41) is 6.30. The number of ketones is 1. The maximum atomic E-state index is 13.5. The Morgan fingerprint density at radius 2 is 1.97 bits per heavy atom. The first-order valence-electron chi connectivity index (χ1n) is 10.8. The second-order valence-corrected chi connectivity index (χ2v) is 9.38. The zero-order valence-electron chi connectivity index (χ0n) is 19.2. The van der Waals surface area contributed by atoms with E-state index in [1.54, 1.807) is 19.4 Å². The van der Waals surface area contributed by atoms with Crippen LogP contribution in [0.1, 0.15) is 50.7 Å². The van der Waals surface area contributed by atoms with E-state index in [1.807, 2.05) is 44.2 Å². The second-order valence-electron chi connectivity index (χ2n) is 9.38. The molecule has 0 fully saturated rings. The molecule has 0 bridgehead atoms. The molecular formula is C26H29N3O3. The number of nitrogens with zero attached hydrogens (tertiary/aromatic N) is 1. The van der Waals surface area contributed by atoms with Crippen molar-refractivity contribution in [2.45, 2.75) is 46.5 Å². The topological polar surface area (TPSA) is 80.3 Å². The van der Waals surface area contributed by atoms with Crippen LogP contribution in [0.3, 0.4) is 0 Å². The molecule has 0 saturated heterocycles. The number of pyridine rings is 1. The third-order valence-corrected chi connectivity index (χ3v) is 6.06. The van der Waals surface area contributed by atoms with Crippen molar-refractivity contribution in [3.63, 3.8) is 0 Å². The number of carbonyl (C=O) groups excluding carboxylic acids is 2. The Morgan fingerprint density at radius 3 is 2.66 bits per heavy atom. The maximum absolute atomic E-state index is 13.5. The van der Waals surface area contributed by atoms with Crippen LogP contribution < -0.4 is 15.4 Å². The van der Waals surface area contributed by atoms with E-state index in [2.05, 4.69) is 29.5 Å². The van der Waals surface area contributed by atoms with Gasteiger partial charge in [0, 0.05) is 41.1 Å². The van der Waals surface area contributed by atoms with Gasteiger partial charge < -0.3 is 15.4 Å². The molecule has 2 N–H and O–H groups in total. The smallest absolute Gasteiger partial charge is 0.255 e. The Hall–Kier alpha value is -3.41. The highest BCUT2D eigenvalue weighted by molar-refractivity contribution is 6.09. The minimum Gasteiger partial charge on any atom is -0.497 e. The standard InChI is InChI=1S/C26H29N3O3/c1-15-9-10-21(27-14-15)29-25(31)22-16(2)28-19-12-26(3,4)13-20(30)24(19)23(22)17-7-6-8-18(11-17)32-5/h6-11,14,23,28H,12-13H2,1-5H3,(H,27,29,31). The Bertz CT molecular complexity index is 1140. The minimum atomic E-state index is -0.476. The van der Waals surface area contributed by atoms with Gasteiger partial charge in [-0.2, -0.15) is 0 Å². The number of hydrogen-bond donors (Lipinski definition) is 2. The number of amides is 1. The van der Waals surface area contributed by atoms with Crippen LogP contribution in [0.2, 0.25) is 0 Å². The Balaban J connectivity index is 1.81. The maximum Gasteiger partial charge on any atom is 0.255 e. The summed E-state index contributed by atoms with van der Waals surface area (Å²) in [5.74, 6) is 0.479. The largest absolute Gasteiger partial charge is 0.497 e. The van der Waals surface area contributed by atoms with E-state index in [9.17, 15) is 9.59 Å². The van der Waals surface area contributed by atoms with Crippen molar-refractivity contribution in [1.82, 2.24) is 10.3 Å². The summed E-state index contributed by atoms with van der Waals surface area (Å²) in [4.78, 5) is 31.2. The molecule has 0 spiro atoms. The molecule has 2 aliphatic rings. The molecule has 4 rings (SSSR count). The molecular weight excluding hydrogens is 402 g/mol. The number of aromatic nitrogens is 1. The van der Waals surface area contributed by atoms with E-state index < -0.39 is 5.92 Å². The molecule has 0 radical (unpaired) electrons. The van der Waals surface area contributed by atoms with E-state index >= 15 is 0 Å². The SMILES string of the molecule is COc1cccc(C2C(C(=O)Nc3ccc(C)cn3)=C(C)NC3=C2C(=O)CC(C)(C)C3)c1. The van der Waals surface area contributed by atoms with Crippen molar-refractivity contribution >= 4 is 17.5 Å². The number of ether oxygens (including phenoxy) is 1. The molecule has 1 atom stereocenters. The molecule has 1 aromatic heterocycles. The molecule has 6 heteroatoms. The van der Waals surface area contributed by atoms with Crippen molar-refractivity contribution in [2.24, 2.45) is 5.41 Å². The number of carbonyl (C=O) groups is 2. The number of hydrogen-bond acceptors (Lipinski definition) is 5. The van der Waals surface area contributed by atoms with Gasteiger partial charge in [-0.25, -0.2) is 4.98 Å². The molecule has 32 heavy (non-hydrogen) atoms. The van der Waals surface area contributed by atoms with Crippen LogP contribution in [0.5, 0.6) is 5.75 Å². The summed E-state index contributed by atoms with van der Waals surface area (Å²) in [6, 6.07) is 11.3. The lowest BCUT2D eigenvalue weighted by atomic mass is 9.68. The normalized spacial score (nSPS) is 19.9. The highest BCUT2D eigenvalue weighted by Crippen LogP contribution is 2.47. The highest BCUT2D eigenvalue weighted by Gasteiger charge is 2.42. The van der Waals surface area contributed by atoms with Crippen molar-refractivity contribution in [3.8, 4) is 5.75 Å². The van der Waals surface area contributed by atoms with Gasteiger partial charge in [0.05, 0.1) is 7.11 Å². The van der Waals surface area contributed by atoms with Crippen LogP contribution >= 0.6 is 0 Å². The summed E-state index contributed by atoms with van der Waals surface area (Å²) in [5.41, 5.74) is 4.57. The van der Waals surface area contributed by atoms with E-state index in [4.69, 9.17) is 4.74 Å². The number of nitrogens with one attached hydrogen (secondary N) is 2. The predicted octanol–water partition coefficient (Wildman–Crippen LogP) is 4.64. The van der Waals surface area contributed by atoms with Crippen LogP contribution in [0.4, 0.5) is 5.82 Å². The van der Waals surface area contributed by atoms with E-state index in [0.717, 1.165) is 28.9 Å². The van der Waals surface area contributed by atoms with Gasteiger partial charge in [0.15, 0.2) is 5.78 Å². The summed E-state index contributed by atoms with van der Waals surface area (Å²) < 4.78 is 5.43. The van der Waals surface area contributed by atoms with Crippen LogP contribution in [0.15, 0.2) is 65.1 Å². The summed E-state index contributed by atoms with van der Waals surface area (Å²) in [6.07, 6.45) is 2.91. The van der Waals surface area contributed by atoms with Gasteiger partial charge in [0.1, 0.15) is 11.6 Å². The van der Waals surface area contributed by atoms with Gasteiger partial charge >= 0.3 is 0 Å². The number of aryl methyl sites for hydroxylation is 1. The number of rotatable bonds is 4. The molecule has 1 aromatic carbocycles. The lowest BCUT2D eigenvalue weighted by Gasteiger charge is -2.39. The zero-order valence-corrected chi connectivity index (χ0v) is 19.2. The third-order valence-electron chi connectivity index (χ3n) is 6.06. The fourth-order valence-corrected chi connectivity index (χ4v) is 4.62.